The standard InChI is InChI=1S/C10H18N4O2/c1-6(7-5-8(11)14-13-7)12-9(15)16-10(2,3)4/h5-6H,1-4H3,(H,12,15)(H3,11,13,14)/t6-/m1/s1. The van der Waals surface area contributed by atoms with Crippen molar-refractivity contribution in [2.75, 3.05) is 5.73 Å². The van der Waals surface area contributed by atoms with Gasteiger partial charge in [0.05, 0.1) is 11.7 Å². The van der Waals surface area contributed by atoms with Crippen LogP contribution in [0, 0.1) is 0 Å². The highest BCUT2D eigenvalue weighted by Crippen LogP contribution is 2.13. The lowest BCUT2D eigenvalue weighted by Crippen LogP contribution is -2.34. The van der Waals surface area contributed by atoms with Crippen LogP contribution in [0.25, 0.3) is 0 Å². The number of rotatable bonds is 2. The number of aromatic amines is 1. The molecule has 4 N–H and O–H groups in total. The molecule has 1 amide bonds. The van der Waals surface area contributed by atoms with E-state index in [0.29, 0.717) is 5.82 Å². The van der Waals surface area contributed by atoms with Crippen molar-refractivity contribution >= 4 is 11.9 Å². The van der Waals surface area contributed by atoms with E-state index in [2.05, 4.69) is 15.5 Å². The second kappa shape index (κ2) is 4.42. The van der Waals surface area contributed by atoms with E-state index in [9.17, 15) is 4.79 Å². The number of aromatic nitrogens is 2. The summed E-state index contributed by atoms with van der Waals surface area (Å²) in [7, 11) is 0. The summed E-state index contributed by atoms with van der Waals surface area (Å²) in [5, 5.41) is 9.19. The second-order valence-corrected chi connectivity index (χ2v) is 4.62. The Labute approximate surface area is 94.5 Å². The molecule has 1 aromatic heterocycles. The van der Waals surface area contributed by atoms with Crippen LogP contribution in [0.1, 0.15) is 39.4 Å². The van der Waals surface area contributed by atoms with Crippen molar-refractivity contribution < 1.29 is 9.53 Å². The van der Waals surface area contributed by atoms with E-state index in [0.717, 1.165) is 5.69 Å². The van der Waals surface area contributed by atoms with E-state index < -0.39 is 11.7 Å². The van der Waals surface area contributed by atoms with Gasteiger partial charge in [-0.25, -0.2) is 4.79 Å². The Balaban J connectivity index is 2.52. The zero-order valence-corrected chi connectivity index (χ0v) is 10.00. The Morgan fingerprint density at radius 3 is 2.69 bits per heavy atom. The lowest BCUT2D eigenvalue weighted by molar-refractivity contribution is 0.0507. The Morgan fingerprint density at radius 2 is 2.25 bits per heavy atom. The lowest BCUT2D eigenvalue weighted by atomic mass is 10.2. The predicted octanol–water partition coefficient (Wildman–Crippen LogP) is 1.58. The molecule has 1 heterocycles. The molecule has 0 bridgehead atoms. The van der Waals surface area contributed by atoms with E-state index in [1.54, 1.807) is 6.07 Å². The molecule has 0 fully saturated rings. The van der Waals surface area contributed by atoms with Crippen LogP contribution in [-0.2, 0) is 4.74 Å². The first kappa shape index (κ1) is 12.4. The molecule has 0 aromatic carbocycles. The summed E-state index contributed by atoms with van der Waals surface area (Å²) in [5.41, 5.74) is 5.70. The van der Waals surface area contributed by atoms with Gasteiger partial charge in [-0.05, 0) is 27.7 Å². The maximum atomic E-state index is 11.5. The van der Waals surface area contributed by atoms with Crippen LogP contribution in [0.2, 0.25) is 0 Å². The van der Waals surface area contributed by atoms with Crippen molar-refractivity contribution in [1.29, 1.82) is 0 Å². The Kier molecular flexibility index (Phi) is 3.41. The van der Waals surface area contributed by atoms with Gasteiger partial charge in [-0.3, -0.25) is 5.10 Å². The molecule has 0 aliphatic rings. The molecule has 0 saturated heterocycles. The largest absolute Gasteiger partial charge is 0.444 e. The molecule has 0 radical (unpaired) electrons. The van der Waals surface area contributed by atoms with E-state index >= 15 is 0 Å². The normalized spacial score (nSPS) is 13.2. The summed E-state index contributed by atoms with van der Waals surface area (Å²) < 4.78 is 5.12. The van der Waals surface area contributed by atoms with Crippen molar-refractivity contribution in [2.24, 2.45) is 0 Å². The van der Waals surface area contributed by atoms with Gasteiger partial charge in [-0.2, -0.15) is 5.10 Å². The van der Waals surface area contributed by atoms with Crippen LogP contribution in [0.3, 0.4) is 0 Å². The third kappa shape index (κ3) is 3.80. The molecule has 0 spiro atoms. The average molecular weight is 226 g/mol. The van der Waals surface area contributed by atoms with Crippen LogP contribution in [0.4, 0.5) is 10.6 Å². The highest BCUT2D eigenvalue weighted by atomic mass is 16.6. The Bertz CT molecular complexity index is 367. The van der Waals surface area contributed by atoms with Crippen LogP contribution >= 0.6 is 0 Å². The van der Waals surface area contributed by atoms with E-state index in [-0.39, 0.29) is 6.04 Å². The topological polar surface area (TPSA) is 93.0 Å². The first-order valence-electron chi connectivity index (χ1n) is 5.08. The molecule has 6 nitrogen and oxygen atoms in total. The molecule has 0 unspecified atom stereocenters. The quantitative estimate of drug-likeness (QED) is 0.713. The molecule has 0 aliphatic heterocycles. The van der Waals surface area contributed by atoms with Crippen molar-refractivity contribution in [1.82, 2.24) is 15.5 Å². The number of nitrogen functional groups attached to an aromatic ring is 1. The minimum absolute atomic E-state index is 0.223. The van der Waals surface area contributed by atoms with E-state index in [4.69, 9.17) is 10.5 Å². The fraction of sp³-hybridized carbons (Fsp3) is 0.600. The minimum atomic E-state index is -0.503. The summed E-state index contributed by atoms with van der Waals surface area (Å²) in [6.07, 6.45) is -0.465. The number of nitrogens with one attached hydrogen (secondary N) is 2. The lowest BCUT2D eigenvalue weighted by Gasteiger charge is -2.21. The number of carbonyl (C=O) groups excluding carboxylic acids is 1. The first-order chi connectivity index (χ1) is 7.28. The van der Waals surface area contributed by atoms with Gasteiger partial charge in [0.15, 0.2) is 0 Å². The molecular weight excluding hydrogens is 208 g/mol. The minimum Gasteiger partial charge on any atom is -0.444 e. The maximum absolute atomic E-state index is 11.5. The number of hydrogen-bond acceptors (Lipinski definition) is 4. The highest BCUT2D eigenvalue weighted by Gasteiger charge is 2.18. The van der Waals surface area contributed by atoms with Crippen molar-refractivity contribution in [3.63, 3.8) is 0 Å². The van der Waals surface area contributed by atoms with E-state index in [1.807, 2.05) is 27.7 Å². The van der Waals surface area contributed by atoms with Crippen LogP contribution in [0.15, 0.2) is 6.07 Å². The van der Waals surface area contributed by atoms with Gasteiger partial charge < -0.3 is 15.8 Å². The zero-order chi connectivity index (χ0) is 12.3. The van der Waals surface area contributed by atoms with Gasteiger partial charge in [-0.15, -0.1) is 0 Å². The Hall–Kier alpha value is -1.72. The maximum Gasteiger partial charge on any atom is 0.408 e. The molecule has 16 heavy (non-hydrogen) atoms. The molecule has 0 aliphatic carbocycles. The first-order valence-corrected chi connectivity index (χ1v) is 5.08. The molecule has 1 rings (SSSR count). The number of H-pyrrole nitrogens is 1. The highest BCUT2D eigenvalue weighted by molar-refractivity contribution is 5.68. The number of nitrogens with two attached hydrogens (primary N) is 1. The zero-order valence-electron chi connectivity index (χ0n) is 10.00. The number of ether oxygens (including phenoxy) is 1. The molecule has 0 saturated carbocycles. The molecular formula is C10H18N4O2. The number of nitrogens with zero attached hydrogens (tertiary/aromatic N) is 1. The van der Waals surface area contributed by atoms with Gasteiger partial charge in [0.2, 0.25) is 0 Å². The van der Waals surface area contributed by atoms with Gasteiger partial charge in [0.25, 0.3) is 0 Å². The fourth-order valence-electron chi connectivity index (χ4n) is 1.14. The summed E-state index contributed by atoms with van der Waals surface area (Å²) in [6.45, 7) is 7.25. The van der Waals surface area contributed by atoms with Gasteiger partial charge in [-0.1, -0.05) is 0 Å². The number of anilines is 1. The SMILES string of the molecule is C[C@@H](NC(=O)OC(C)(C)C)c1cc(N)n[nH]1. The molecule has 1 aromatic rings. The van der Waals surface area contributed by atoms with Crippen molar-refractivity contribution in [2.45, 2.75) is 39.3 Å². The third-order valence-electron chi connectivity index (χ3n) is 1.82. The van der Waals surface area contributed by atoms with Gasteiger partial charge in [0.1, 0.15) is 11.4 Å². The third-order valence-corrected chi connectivity index (χ3v) is 1.82. The number of amides is 1. The van der Waals surface area contributed by atoms with Gasteiger partial charge >= 0.3 is 6.09 Å². The summed E-state index contributed by atoms with van der Waals surface area (Å²) in [6, 6.07) is 1.45. The molecule has 1 atom stereocenters. The molecule has 90 valence electrons. The summed E-state index contributed by atoms with van der Waals surface area (Å²) in [4.78, 5) is 11.5. The Morgan fingerprint density at radius 1 is 1.62 bits per heavy atom. The number of hydrogen-bond donors (Lipinski definition) is 3. The van der Waals surface area contributed by atoms with Crippen LogP contribution < -0.4 is 11.1 Å². The summed E-state index contributed by atoms with van der Waals surface area (Å²) >= 11 is 0. The van der Waals surface area contributed by atoms with Gasteiger partial charge in [0, 0.05) is 6.07 Å². The van der Waals surface area contributed by atoms with Crippen LogP contribution in [0.5, 0.6) is 0 Å². The smallest absolute Gasteiger partial charge is 0.408 e. The fourth-order valence-corrected chi connectivity index (χ4v) is 1.14. The van der Waals surface area contributed by atoms with Crippen LogP contribution in [-0.4, -0.2) is 21.9 Å². The monoisotopic (exact) mass is 226 g/mol. The summed E-state index contributed by atoms with van der Waals surface area (Å²) in [5.74, 6) is 0.396. The predicted molar refractivity (Wildman–Crippen MR) is 60.8 cm³/mol. The van der Waals surface area contributed by atoms with Crippen molar-refractivity contribution in [3.05, 3.63) is 11.8 Å². The second-order valence-electron chi connectivity index (χ2n) is 4.62. The van der Waals surface area contributed by atoms with Crippen molar-refractivity contribution in [3.8, 4) is 0 Å². The average Bonchev–Trinajstić information content (AvgIpc) is 2.47. The number of alkyl carbamates (subject to hydrolysis) is 1. The van der Waals surface area contributed by atoms with E-state index in [1.165, 1.54) is 0 Å². The molecule has 6 heteroatoms. The number of carbonyl (C=O) groups is 1.